The number of benzene rings is 1. The van der Waals surface area contributed by atoms with E-state index in [0.29, 0.717) is 24.8 Å². The fourth-order valence-electron chi connectivity index (χ4n) is 1.93. The van der Waals surface area contributed by atoms with Gasteiger partial charge in [-0.25, -0.2) is 0 Å². The topological polar surface area (TPSA) is 38.5 Å². The highest BCUT2D eigenvalue weighted by molar-refractivity contribution is 5.68. The summed E-state index contributed by atoms with van der Waals surface area (Å²) in [4.78, 5) is 1.81. The number of nitrogens with two attached hydrogens (primary N) is 1. The molecule has 1 aliphatic rings. The minimum atomic E-state index is -4.36. The van der Waals surface area contributed by atoms with Gasteiger partial charge in [0.25, 0.3) is 0 Å². The molecule has 0 amide bonds. The first-order valence-electron chi connectivity index (χ1n) is 6.63. The number of alkyl halides is 3. The summed E-state index contributed by atoms with van der Waals surface area (Å²) in [6.45, 7) is 1.92. The van der Waals surface area contributed by atoms with E-state index in [1.165, 1.54) is 18.9 Å². The Morgan fingerprint density at radius 3 is 2.60 bits per heavy atom. The number of nitrogen functional groups attached to an aromatic ring is 1. The van der Waals surface area contributed by atoms with Crippen molar-refractivity contribution in [1.29, 1.82) is 0 Å². The third-order valence-electron chi connectivity index (χ3n) is 3.39. The molecule has 0 aromatic heterocycles. The second kappa shape index (κ2) is 5.91. The highest BCUT2D eigenvalue weighted by atomic mass is 19.4. The van der Waals surface area contributed by atoms with E-state index in [1.54, 1.807) is 7.05 Å². The zero-order chi connectivity index (χ0) is 14.8. The molecule has 2 rings (SSSR count). The summed E-state index contributed by atoms with van der Waals surface area (Å²) in [5.41, 5.74) is 5.69. The summed E-state index contributed by atoms with van der Waals surface area (Å²) in [5, 5.41) is 0. The number of nitrogens with zero attached hydrogens (tertiary/aromatic N) is 1. The van der Waals surface area contributed by atoms with Crippen LogP contribution in [0, 0.1) is 5.92 Å². The highest BCUT2D eigenvalue weighted by Gasteiger charge is 2.31. The Hall–Kier alpha value is -1.43. The van der Waals surface area contributed by atoms with E-state index in [-0.39, 0.29) is 5.69 Å². The van der Waals surface area contributed by atoms with Gasteiger partial charge in [0.2, 0.25) is 0 Å². The van der Waals surface area contributed by atoms with Crippen molar-refractivity contribution in [2.75, 3.05) is 37.4 Å². The summed E-state index contributed by atoms with van der Waals surface area (Å²) in [5.74, 6) is 0.705. The molecule has 1 aromatic rings. The average molecular weight is 288 g/mol. The van der Waals surface area contributed by atoms with Crippen LogP contribution in [-0.2, 0) is 10.9 Å². The maximum absolute atomic E-state index is 12.5. The first-order valence-corrected chi connectivity index (χ1v) is 6.63. The number of hydrogen-bond acceptors (Lipinski definition) is 3. The van der Waals surface area contributed by atoms with Gasteiger partial charge in [-0.1, -0.05) is 0 Å². The molecule has 112 valence electrons. The molecule has 0 atom stereocenters. The van der Waals surface area contributed by atoms with Crippen LogP contribution in [0.25, 0.3) is 0 Å². The number of halogens is 3. The largest absolute Gasteiger partial charge is 0.416 e. The van der Waals surface area contributed by atoms with Gasteiger partial charge in [-0.2, -0.15) is 13.2 Å². The van der Waals surface area contributed by atoms with E-state index < -0.39 is 11.7 Å². The number of ether oxygens (including phenoxy) is 1. The number of anilines is 2. The lowest BCUT2D eigenvalue weighted by atomic mass is 10.1. The van der Waals surface area contributed by atoms with Gasteiger partial charge in [0.15, 0.2) is 0 Å². The maximum Gasteiger partial charge on any atom is 0.416 e. The molecule has 3 nitrogen and oxygen atoms in total. The third-order valence-corrected chi connectivity index (χ3v) is 3.39. The monoisotopic (exact) mass is 288 g/mol. The molecule has 1 aliphatic carbocycles. The Labute approximate surface area is 116 Å². The molecule has 1 saturated carbocycles. The van der Waals surface area contributed by atoms with Gasteiger partial charge in [-0.3, -0.25) is 0 Å². The first-order chi connectivity index (χ1) is 9.38. The van der Waals surface area contributed by atoms with Gasteiger partial charge in [0.05, 0.1) is 23.5 Å². The van der Waals surface area contributed by atoms with Gasteiger partial charge < -0.3 is 15.4 Å². The van der Waals surface area contributed by atoms with Crippen LogP contribution in [0.5, 0.6) is 0 Å². The van der Waals surface area contributed by atoms with Crippen molar-refractivity contribution in [3.63, 3.8) is 0 Å². The van der Waals surface area contributed by atoms with Crippen molar-refractivity contribution in [2.45, 2.75) is 19.0 Å². The van der Waals surface area contributed by atoms with E-state index >= 15 is 0 Å². The summed E-state index contributed by atoms with van der Waals surface area (Å²) >= 11 is 0. The molecule has 0 unspecified atom stereocenters. The Kier molecular flexibility index (Phi) is 4.42. The van der Waals surface area contributed by atoms with Crippen LogP contribution in [-0.4, -0.2) is 26.8 Å². The van der Waals surface area contributed by atoms with Crippen LogP contribution >= 0.6 is 0 Å². The van der Waals surface area contributed by atoms with E-state index in [9.17, 15) is 13.2 Å². The molecule has 20 heavy (non-hydrogen) atoms. The SMILES string of the molecule is CN(CCOCC1CC1)c1ccc(C(F)(F)F)cc1N. The molecular formula is C14H19F3N2O. The van der Waals surface area contributed by atoms with Crippen LogP contribution in [0.4, 0.5) is 24.5 Å². The Morgan fingerprint density at radius 2 is 2.05 bits per heavy atom. The molecular weight excluding hydrogens is 269 g/mol. The Bertz CT molecular complexity index is 458. The van der Waals surface area contributed by atoms with Crippen LogP contribution in [0.15, 0.2) is 18.2 Å². The molecule has 0 saturated heterocycles. The normalized spacial score (nSPS) is 15.4. The predicted molar refractivity (Wildman–Crippen MR) is 72.7 cm³/mol. The van der Waals surface area contributed by atoms with Gasteiger partial charge in [0.1, 0.15) is 0 Å². The van der Waals surface area contributed by atoms with Gasteiger partial charge in [-0.05, 0) is 37.0 Å². The molecule has 0 aliphatic heterocycles. The zero-order valence-corrected chi connectivity index (χ0v) is 11.4. The second-order valence-corrected chi connectivity index (χ2v) is 5.21. The van der Waals surface area contributed by atoms with Crippen LogP contribution in [0.3, 0.4) is 0 Å². The lowest BCUT2D eigenvalue weighted by molar-refractivity contribution is -0.137. The van der Waals surface area contributed by atoms with Crippen molar-refractivity contribution in [3.8, 4) is 0 Å². The summed E-state index contributed by atoms with van der Waals surface area (Å²) in [6.07, 6.45) is -1.89. The minimum Gasteiger partial charge on any atom is -0.397 e. The number of hydrogen-bond donors (Lipinski definition) is 1. The summed E-state index contributed by atoms with van der Waals surface area (Å²) in [6, 6.07) is 3.42. The minimum absolute atomic E-state index is 0.129. The predicted octanol–water partition coefficient (Wildman–Crippen LogP) is 3.15. The fraction of sp³-hybridized carbons (Fsp3) is 0.571. The molecule has 0 heterocycles. The van der Waals surface area contributed by atoms with E-state index in [0.717, 1.165) is 18.7 Å². The summed E-state index contributed by atoms with van der Waals surface area (Å²) in [7, 11) is 1.79. The summed E-state index contributed by atoms with van der Waals surface area (Å²) < 4.78 is 43.1. The van der Waals surface area contributed by atoms with Crippen molar-refractivity contribution in [3.05, 3.63) is 23.8 Å². The van der Waals surface area contributed by atoms with Crippen molar-refractivity contribution >= 4 is 11.4 Å². The molecule has 0 spiro atoms. The lowest BCUT2D eigenvalue weighted by Gasteiger charge is -2.22. The third kappa shape index (κ3) is 4.03. The van der Waals surface area contributed by atoms with Gasteiger partial charge in [-0.15, -0.1) is 0 Å². The zero-order valence-electron chi connectivity index (χ0n) is 11.4. The fourth-order valence-corrected chi connectivity index (χ4v) is 1.93. The van der Waals surface area contributed by atoms with Crippen molar-refractivity contribution in [2.24, 2.45) is 5.92 Å². The number of likely N-dealkylation sites (N-methyl/N-ethyl adjacent to an activating group) is 1. The van der Waals surface area contributed by atoms with Crippen LogP contribution < -0.4 is 10.6 Å². The molecule has 1 fully saturated rings. The molecule has 0 bridgehead atoms. The maximum atomic E-state index is 12.5. The molecule has 6 heteroatoms. The Morgan fingerprint density at radius 1 is 1.35 bits per heavy atom. The Balaban J connectivity index is 1.89. The second-order valence-electron chi connectivity index (χ2n) is 5.21. The van der Waals surface area contributed by atoms with Crippen molar-refractivity contribution < 1.29 is 17.9 Å². The molecule has 0 radical (unpaired) electrons. The molecule has 2 N–H and O–H groups in total. The van der Waals surface area contributed by atoms with Gasteiger partial charge in [0, 0.05) is 20.2 Å². The van der Waals surface area contributed by atoms with Gasteiger partial charge >= 0.3 is 6.18 Å². The standard InChI is InChI=1S/C14H19F3N2O/c1-19(6-7-20-9-10-2-3-10)13-5-4-11(8-12(13)18)14(15,16)17/h4-5,8,10H,2-3,6-7,9,18H2,1H3. The first kappa shape index (κ1) is 15.0. The lowest BCUT2D eigenvalue weighted by Crippen LogP contribution is -2.24. The van der Waals surface area contributed by atoms with E-state index in [1.807, 2.05) is 4.90 Å². The van der Waals surface area contributed by atoms with Crippen LogP contribution in [0.2, 0.25) is 0 Å². The average Bonchev–Trinajstić information content (AvgIpc) is 3.17. The molecule has 1 aromatic carbocycles. The van der Waals surface area contributed by atoms with E-state index in [4.69, 9.17) is 10.5 Å². The number of rotatable bonds is 6. The highest BCUT2D eigenvalue weighted by Crippen LogP contribution is 2.33. The quantitative estimate of drug-likeness (QED) is 0.645. The smallest absolute Gasteiger partial charge is 0.397 e. The van der Waals surface area contributed by atoms with Crippen LogP contribution in [0.1, 0.15) is 18.4 Å². The van der Waals surface area contributed by atoms with E-state index in [2.05, 4.69) is 0 Å². The van der Waals surface area contributed by atoms with Crippen molar-refractivity contribution in [1.82, 2.24) is 0 Å².